The number of likely N-dealkylation sites (tertiary alicyclic amines) is 1. The molecular weight excluding hydrogens is 511 g/mol. The SMILES string of the molecule is CN=C(NCc1cccnc1N1CCN(C)CC1)N1CCC(c2ccccc2)C(C)C1.I. The van der Waals surface area contributed by atoms with Crippen LogP contribution >= 0.6 is 24.0 Å². The molecule has 2 aromatic rings. The molecular formula is C25H37IN6. The van der Waals surface area contributed by atoms with Crippen LogP contribution < -0.4 is 10.2 Å². The van der Waals surface area contributed by atoms with Crippen molar-refractivity contribution in [3.63, 3.8) is 0 Å². The number of piperidine rings is 1. The Bertz CT molecular complexity index is 866. The van der Waals surface area contributed by atoms with E-state index in [0.29, 0.717) is 11.8 Å². The summed E-state index contributed by atoms with van der Waals surface area (Å²) >= 11 is 0. The molecule has 0 bridgehead atoms. The first kappa shape index (κ1) is 24.8. The lowest BCUT2D eigenvalue weighted by Crippen LogP contribution is -2.48. The molecule has 2 aliphatic rings. The molecule has 0 amide bonds. The van der Waals surface area contributed by atoms with E-state index in [2.05, 4.69) is 75.4 Å². The average Bonchev–Trinajstić information content (AvgIpc) is 2.81. The molecule has 1 N–H and O–H groups in total. The highest BCUT2D eigenvalue weighted by molar-refractivity contribution is 14.0. The van der Waals surface area contributed by atoms with Crippen LogP contribution in [0.15, 0.2) is 53.7 Å². The van der Waals surface area contributed by atoms with Gasteiger partial charge in [-0.05, 0) is 36.9 Å². The highest BCUT2D eigenvalue weighted by Gasteiger charge is 2.28. The Kier molecular flexibility index (Phi) is 9.16. The van der Waals surface area contributed by atoms with Gasteiger partial charge in [0.1, 0.15) is 5.82 Å². The summed E-state index contributed by atoms with van der Waals surface area (Å²) in [5, 5.41) is 3.62. The van der Waals surface area contributed by atoms with E-state index in [1.54, 1.807) is 0 Å². The predicted molar refractivity (Wildman–Crippen MR) is 144 cm³/mol. The molecule has 2 fully saturated rings. The third-order valence-corrected chi connectivity index (χ3v) is 6.75. The largest absolute Gasteiger partial charge is 0.354 e. The highest BCUT2D eigenvalue weighted by Crippen LogP contribution is 2.32. The number of nitrogens with zero attached hydrogens (tertiary/aromatic N) is 5. The van der Waals surface area contributed by atoms with Crippen molar-refractivity contribution in [2.24, 2.45) is 10.9 Å². The van der Waals surface area contributed by atoms with Crippen LogP contribution in [0.5, 0.6) is 0 Å². The van der Waals surface area contributed by atoms with Gasteiger partial charge in [-0.25, -0.2) is 4.98 Å². The molecule has 32 heavy (non-hydrogen) atoms. The summed E-state index contributed by atoms with van der Waals surface area (Å²) in [4.78, 5) is 16.5. The second kappa shape index (κ2) is 11.8. The van der Waals surface area contributed by atoms with E-state index in [1.807, 2.05) is 19.3 Å². The third kappa shape index (κ3) is 5.92. The number of likely N-dealkylation sites (N-methyl/N-ethyl adjacent to an activating group) is 1. The molecule has 3 heterocycles. The Balaban J connectivity index is 0.00000289. The smallest absolute Gasteiger partial charge is 0.193 e. The normalized spacial score (nSPS) is 22.4. The molecule has 1 aromatic heterocycles. The molecule has 1 aromatic carbocycles. The zero-order chi connectivity index (χ0) is 21.6. The minimum absolute atomic E-state index is 0. The number of hydrogen-bond acceptors (Lipinski definition) is 4. The number of piperazine rings is 1. The molecule has 174 valence electrons. The van der Waals surface area contributed by atoms with Gasteiger partial charge in [0.15, 0.2) is 5.96 Å². The van der Waals surface area contributed by atoms with Crippen LogP contribution in [0, 0.1) is 5.92 Å². The third-order valence-electron chi connectivity index (χ3n) is 6.75. The van der Waals surface area contributed by atoms with E-state index in [9.17, 15) is 0 Å². The van der Waals surface area contributed by atoms with Crippen LogP contribution in [0.25, 0.3) is 0 Å². The lowest BCUT2D eigenvalue weighted by molar-refractivity contribution is 0.234. The Labute approximate surface area is 210 Å². The van der Waals surface area contributed by atoms with Gasteiger partial charge in [-0.15, -0.1) is 24.0 Å². The number of nitrogens with one attached hydrogen (secondary N) is 1. The van der Waals surface area contributed by atoms with Crippen molar-refractivity contribution in [1.82, 2.24) is 20.1 Å². The van der Waals surface area contributed by atoms with E-state index >= 15 is 0 Å². The monoisotopic (exact) mass is 548 g/mol. The summed E-state index contributed by atoms with van der Waals surface area (Å²) in [6, 6.07) is 15.2. The summed E-state index contributed by atoms with van der Waals surface area (Å²) in [7, 11) is 4.07. The predicted octanol–water partition coefficient (Wildman–Crippen LogP) is 3.65. The highest BCUT2D eigenvalue weighted by atomic mass is 127. The van der Waals surface area contributed by atoms with E-state index in [-0.39, 0.29) is 24.0 Å². The molecule has 7 heteroatoms. The Hall–Kier alpha value is -1.87. The second-order valence-electron chi connectivity index (χ2n) is 8.91. The molecule has 2 aliphatic heterocycles. The minimum atomic E-state index is 0. The van der Waals surface area contributed by atoms with Crippen molar-refractivity contribution >= 4 is 35.8 Å². The van der Waals surface area contributed by atoms with Crippen LogP contribution in [-0.4, -0.2) is 74.1 Å². The number of rotatable bonds is 4. The van der Waals surface area contributed by atoms with Crippen molar-refractivity contribution < 1.29 is 0 Å². The van der Waals surface area contributed by atoms with Crippen LogP contribution in [-0.2, 0) is 6.54 Å². The van der Waals surface area contributed by atoms with Crippen molar-refractivity contribution in [3.8, 4) is 0 Å². The molecule has 6 nitrogen and oxygen atoms in total. The standard InChI is InChI=1S/C25H36N6.HI/c1-20-19-31(13-11-23(20)21-8-5-4-6-9-21)25(26-2)28-18-22-10-7-12-27-24(22)30-16-14-29(3)15-17-30;/h4-10,12,20,23H,11,13-19H2,1-3H3,(H,26,28);1H. The van der Waals surface area contributed by atoms with Crippen LogP contribution in [0.1, 0.15) is 30.4 Å². The van der Waals surface area contributed by atoms with Gasteiger partial charge in [-0.1, -0.05) is 43.3 Å². The maximum Gasteiger partial charge on any atom is 0.193 e. The molecule has 2 unspecified atom stereocenters. The molecule has 2 saturated heterocycles. The summed E-state index contributed by atoms with van der Waals surface area (Å²) in [5.74, 6) is 3.31. The average molecular weight is 549 g/mol. The lowest BCUT2D eigenvalue weighted by atomic mass is 9.82. The molecule has 0 saturated carbocycles. The zero-order valence-electron chi connectivity index (χ0n) is 19.6. The van der Waals surface area contributed by atoms with Gasteiger partial charge < -0.3 is 20.0 Å². The fourth-order valence-electron chi connectivity index (χ4n) is 4.91. The fraction of sp³-hybridized carbons (Fsp3) is 0.520. The van der Waals surface area contributed by atoms with Crippen molar-refractivity contribution in [3.05, 3.63) is 59.8 Å². The molecule has 0 radical (unpaired) electrons. The Morgan fingerprint density at radius 1 is 1.06 bits per heavy atom. The Morgan fingerprint density at radius 2 is 1.81 bits per heavy atom. The first-order chi connectivity index (χ1) is 15.2. The molecule has 2 atom stereocenters. The maximum absolute atomic E-state index is 4.71. The quantitative estimate of drug-likeness (QED) is 0.359. The maximum atomic E-state index is 4.71. The van der Waals surface area contributed by atoms with E-state index in [4.69, 9.17) is 4.98 Å². The Morgan fingerprint density at radius 3 is 2.50 bits per heavy atom. The minimum Gasteiger partial charge on any atom is -0.354 e. The van der Waals surface area contributed by atoms with Crippen LogP contribution in [0.4, 0.5) is 5.82 Å². The topological polar surface area (TPSA) is 47.0 Å². The van der Waals surface area contributed by atoms with Crippen molar-refractivity contribution in [1.29, 1.82) is 0 Å². The van der Waals surface area contributed by atoms with Gasteiger partial charge in [-0.3, -0.25) is 4.99 Å². The van der Waals surface area contributed by atoms with Gasteiger partial charge in [0.25, 0.3) is 0 Å². The lowest BCUT2D eigenvalue weighted by Gasteiger charge is -2.39. The van der Waals surface area contributed by atoms with Crippen molar-refractivity contribution in [2.45, 2.75) is 25.8 Å². The zero-order valence-corrected chi connectivity index (χ0v) is 21.9. The van der Waals surface area contributed by atoms with E-state index in [1.165, 1.54) is 11.1 Å². The number of halogens is 1. The van der Waals surface area contributed by atoms with E-state index < -0.39 is 0 Å². The van der Waals surface area contributed by atoms with Gasteiger partial charge in [0, 0.05) is 64.6 Å². The van der Waals surface area contributed by atoms with Crippen LogP contribution in [0.2, 0.25) is 0 Å². The molecule has 4 rings (SSSR count). The summed E-state index contributed by atoms with van der Waals surface area (Å²) in [5.41, 5.74) is 2.70. The second-order valence-corrected chi connectivity index (χ2v) is 8.91. The van der Waals surface area contributed by atoms with Gasteiger partial charge in [0.2, 0.25) is 0 Å². The fourth-order valence-corrected chi connectivity index (χ4v) is 4.91. The molecule has 0 spiro atoms. The number of benzene rings is 1. The number of aromatic nitrogens is 1. The van der Waals surface area contributed by atoms with Crippen molar-refractivity contribution in [2.75, 3.05) is 58.3 Å². The van der Waals surface area contributed by atoms with Gasteiger partial charge >= 0.3 is 0 Å². The number of hydrogen-bond donors (Lipinski definition) is 1. The summed E-state index contributed by atoms with van der Waals surface area (Å²) < 4.78 is 0. The first-order valence-corrected chi connectivity index (χ1v) is 11.5. The van der Waals surface area contributed by atoms with Gasteiger partial charge in [0.05, 0.1) is 0 Å². The van der Waals surface area contributed by atoms with E-state index in [0.717, 1.165) is 64.0 Å². The number of aliphatic imine (C=N–C) groups is 1. The number of anilines is 1. The number of pyridine rings is 1. The van der Waals surface area contributed by atoms with Gasteiger partial charge in [-0.2, -0.15) is 0 Å². The number of guanidine groups is 1. The summed E-state index contributed by atoms with van der Waals surface area (Å²) in [6.45, 7) is 9.39. The van der Waals surface area contributed by atoms with Crippen LogP contribution in [0.3, 0.4) is 0 Å². The summed E-state index contributed by atoms with van der Waals surface area (Å²) in [6.07, 6.45) is 3.06. The first-order valence-electron chi connectivity index (χ1n) is 11.5. The molecule has 0 aliphatic carbocycles.